The fourth-order valence-electron chi connectivity index (χ4n) is 3.90. The molecule has 1 aliphatic carbocycles. The van der Waals surface area contributed by atoms with Crippen LogP contribution in [0, 0.1) is 6.92 Å². The summed E-state index contributed by atoms with van der Waals surface area (Å²) >= 11 is 6.48. The van der Waals surface area contributed by atoms with Crippen LogP contribution < -0.4 is 4.74 Å². The van der Waals surface area contributed by atoms with Gasteiger partial charge < -0.3 is 9.30 Å². The second kappa shape index (κ2) is 6.65. The van der Waals surface area contributed by atoms with Gasteiger partial charge >= 0.3 is 0 Å². The predicted octanol–water partition coefficient (Wildman–Crippen LogP) is 5.63. The number of fused-ring (bicyclic) bond motifs is 1. The summed E-state index contributed by atoms with van der Waals surface area (Å²) in [5.74, 6) is 1.02. The molecule has 132 valence electrons. The van der Waals surface area contributed by atoms with Gasteiger partial charge in [0.25, 0.3) is 0 Å². The molecule has 0 saturated carbocycles. The van der Waals surface area contributed by atoms with Crippen molar-refractivity contribution in [3.8, 4) is 22.6 Å². The minimum Gasteiger partial charge on any atom is -0.497 e. The Labute approximate surface area is 158 Å². The van der Waals surface area contributed by atoms with E-state index in [1.807, 2.05) is 48.5 Å². The zero-order chi connectivity index (χ0) is 18.3. The standard InChI is InChI=1S/C22H20ClNO2/c1-14-21(15-10-12-16(26-2)13-11-15)22-19(8-5-9-20(22)25)24(14)18-7-4-3-6-17(18)23/h3-4,6-7,10-13H,5,8-9H2,1-2H3. The second-order valence-electron chi connectivity index (χ2n) is 6.57. The third-order valence-electron chi connectivity index (χ3n) is 5.07. The maximum absolute atomic E-state index is 12.8. The van der Waals surface area contributed by atoms with Crippen LogP contribution >= 0.6 is 11.6 Å². The summed E-state index contributed by atoms with van der Waals surface area (Å²) in [5.41, 5.74) is 5.92. The van der Waals surface area contributed by atoms with Gasteiger partial charge in [-0.3, -0.25) is 4.79 Å². The third-order valence-corrected chi connectivity index (χ3v) is 5.39. The molecule has 0 amide bonds. The van der Waals surface area contributed by atoms with Gasteiger partial charge in [0, 0.05) is 28.9 Å². The SMILES string of the molecule is COc1ccc(-c2c3c(n(-c4ccccc4Cl)c2C)CCCC3=O)cc1. The molecule has 0 saturated heterocycles. The highest BCUT2D eigenvalue weighted by Crippen LogP contribution is 2.40. The largest absolute Gasteiger partial charge is 0.497 e. The van der Waals surface area contributed by atoms with Gasteiger partial charge in [0.1, 0.15) is 5.75 Å². The maximum atomic E-state index is 12.8. The lowest BCUT2D eigenvalue weighted by molar-refractivity contribution is 0.0973. The van der Waals surface area contributed by atoms with E-state index in [9.17, 15) is 4.79 Å². The highest BCUT2D eigenvalue weighted by Gasteiger charge is 2.29. The Balaban J connectivity index is 2.00. The smallest absolute Gasteiger partial charge is 0.165 e. The number of benzene rings is 2. The first-order chi connectivity index (χ1) is 12.6. The number of Topliss-reactive ketones (excluding diaryl/α,β-unsaturated/α-hetero) is 1. The lowest BCUT2D eigenvalue weighted by Gasteiger charge is -2.16. The van der Waals surface area contributed by atoms with Crippen LogP contribution in [0.25, 0.3) is 16.8 Å². The molecule has 0 aliphatic heterocycles. The lowest BCUT2D eigenvalue weighted by atomic mass is 9.90. The Morgan fingerprint density at radius 3 is 2.42 bits per heavy atom. The number of rotatable bonds is 3. The normalized spacial score (nSPS) is 13.6. The molecule has 0 bridgehead atoms. The molecule has 4 heteroatoms. The highest BCUT2D eigenvalue weighted by molar-refractivity contribution is 6.32. The number of carbonyl (C=O) groups is 1. The molecule has 4 rings (SSSR count). The van der Waals surface area contributed by atoms with Gasteiger partial charge in [0.05, 0.1) is 17.8 Å². The van der Waals surface area contributed by atoms with E-state index in [-0.39, 0.29) is 5.78 Å². The minimum atomic E-state index is 0.214. The molecular formula is C22H20ClNO2. The van der Waals surface area contributed by atoms with Gasteiger partial charge in [-0.1, -0.05) is 35.9 Å². The van der Waals surface area contributed by atoms with Crippen molar-refractivity contribution in [2.75, 3.05) is 7.11 Å². The van der Waals surface area contributed by atoms with E-state index in [4.69, 9.17) is 16.3 Å². The summed E-state index contributed by atoms with van der Waals surface area (Å²) in [7, 11) is 1.65. The van der Waals surface area contributed by atoms with Crippen molar-refractivity contribution in [1.29, 1.82) is 0 Å². The molecule has 0 atom stereocenters. The number of ether oxygens (including phenoxy) is 1. The third kappa shape index (κ3) is 2.63. The molecule has 0 unspecified atom stereocenters. The van der Waals surface area contributed by atoms with Gasteiger partial charge in [0.15, 0.2) is 5.78 Å². The van der Waals surface area contributed by atoms with E-state index in [1.165, 1.54) is 0 Å². The Bertz CT molecular complexity index is 986. The molecule has 3 aromatic rings. The summed E-state index contributed by atoms with van der Waals surface area (Å²) in [5, 5.41) is 0.688. The van der Waals surface area contributed by atoms with Crippen LogP contribution in [0.2, 0.25) is 5.02 Å². The zero-order valence-corrected chi connectivity index (χ0v) is 15.6. The zero-order valence-electron chi connectivity index (χ0n) is 14.9. The molecule has 0 fully saturated rings. The Hall–Kier alpha value is -2.52. The van der Waals surface area contributed by atoms with Gasteiger partial charge in [0.2, 0.25) is 0 Å². The van der Waals surface area contributed by atoms with Crippen molar-refractivity contribution >= 4 is 17.4 Å². The van der Waals surface area contributed by atoms with Crippen molar-refractivity contribution < 1.29 is 9.53 Å². The molecule has 3 nitrogen and oxygen atoms in total. The number of hydrogen-bond acceptors (Lipinski definition) is 2. The van der Waals surface area contributed by atoms with Crippen LogP contribution in [-0.4, -0.2) is 17.5 Å². The lowest BCUT2D eigenvalue weighted by Crippen LogP contribution is -2.13. The van der Waals surface area contributed by atoms with Crippen LogP contribution in [-0.2, 0) is 6.42 Å². The van der Waals surface area contributed by atoms with Gasteiger partial charge in [-0.05, 0) is 49.6 Å². The van der Waals surface area contributed by atoms with E-state index < -0.39 is 0 Å². The van der Waals surface area contributed by atoms with Gasteiger partial charge in [-0.2, -0.15) is 0 Å². The number of para-hydroxylation sites is 1. The first kappa shape index (κ1) is 16.9. The van der Waals surface area contributed by atoms with Crippen LogP contribution in [0.1, 0.15) is 34.6 Å². The summed E-state index contributed by atoms with van der Waals surface area (Å²) in [6.45, 7) is 2.06. The van der Waals surface area contributed by atoms with Crippen LogP contribution in [0.5, 0.6) is 5.75 Å². The Kier molecular flexibility index (Phi) is 4.33. The van der Waals surface area contributed by atoms with E-state index in [2.05, 4.69) is 11.5 Å². The summed E-state index contributed by atoms with van der Waals surface area (Å²) in [4.78, 5) is 12.8. The molecular weight excluding hydrogens is 346 g/mol. The molecule has 1 aromatic heterocycles. The maximum Gasteiger partial charge on any atom is 0.165 e. The minimum absolute atomic E-state index is 0.214. The number of aromatic nitrogens is 1. The van der Waals surface area contributed by atoms with Crippen LogP contribution in [0.3, 0.4) is 0 Å². The van der Waals surface area contributed by atoms with Crippen LogP contribution in [0.4, 0.5) is 0 Å². The Morgan fingerprint density at radius 2 is 1.73 bits per heavy atom. The monoisotopic (exact) mass is 365 g/mol. The van der Waals surface area contributed by atoms with Crippen molar-refractivity contribution in [3.63, 3.8) is 0 Å². The van der Waals surface area contributed by atoms with Crippen LogP contribution in [0.15, 0.2) is 48.5 Å². The fraction of sp³-hybridized carbons (Fsp3) is 0.227. The van der Waals surface area contributed by atoms with Crippen molar-refractivity contribution in [1.82, 2.24) is 4.57 Å². The first-order valence-electron chi connectivity index (χ1n) is 8.78. The Morgan fingerprint density at radius 1 is 1.00 bits per heavy atom. The second-order valence-corrected chi connectivity index (χ2v) is 6.98. The molecule has 26 heavy (non-hydrogen) atoms. The average molecular weight is 366 g/mol. The quantitative estimate of drug-likeness (QED) is 0.602. The average Bonchev–Trinajstić information content (AvgIpc) is 2.96. The first-order valence-corrected chi connectivity index (χ1v) is 9.16. The predicted molar refractivity (Wildman–Crippen MR) is 105 cm³/mol. The molecule has 2 aromatic carbocycles. The van der Waals surface area contributed by atoms with Crippen molar-refractivity contribution in [3.05, 3.63) is 70.5 Å². The number of ketones is 1. The number of halogens is 1. The molecule has 1 aliphatic rings. The molecule has 0 radical (unpaired) electrons. The van der Waals surface area contributed by atoms with E-state index >= 15 is 0 Å². The summed E-state index contributed by atoms with van der Waals surface area (Å²) in [6.07, 6.45) is 2.35. The van der Waals surface area contributed by atoms with E-state index in [0.29, 0.717) is 11.4 Å². The summed E-state index contributed by atoms with van der Waals surface area (Å²) in [6, 6.07) is 15.7. The van der Waals surface area contributed by atoms with Gasteiger partial charge in [-0.15, -0.1) is 0 Å². The van der Waals surface area contributed by atoms with E-state index in [1.54, 1.807) is 7.11 Å². The van der Waals surface area contributed by atoms with Crippen molar-refractivity contribution in [2.45, 2.75) is 26.2 Å². The van der Waals surface area contributed by atoms with Crippen molar-refractivity contribution in [2.24, 2.45) is 0 Å². The number of carbonyl (C=O) groups excluding carboxylic acids is 1. The number of methoxy groups -OCH3 is 1. The van der Waals surface area contributed by atoms with E-state index in [0.717, 1.165) is 52.4 Å². The fourth-order valence-corrected chi connectivity index (χ4v) is 4.12. The number of nitrogens with zero attached hydrogens (tertiary/aromatic N) is 1. The summed E-state index contributed by atoms with van der Waals surface area (Å²) < 4.78 is 7.43. The highest BCUT2D eigenvalue weighted by atomic mass is 35.5. The molecule has 1 heterocycles. The topological polar surface area (TPSA) is 31.2 Å². The number of hydrogen-bond donors (Lipinski definition) is 0. The van der Waals surface area contributed by atoms with Gasteiger partial charge in [-0.25, -0.2) is 0 Å². The molecule has 0 N–H and O–H groups in total. The molecule has 0 spiro atoms.